The molecule has 1 saturated heterocycles. The highest BCUT2D eigenvalue weighted by molar-refractivity contribution is 9.10. The highest BCUT2D eigenvalue weighted by Crippen LogP contribution is 2.26. The van der Waals surface area contributed by atoms with Crippen LogP contribution < -0.4 is 10.2 Å². The summed E-state index contributed by atoms with van der Waals surface area (Å²) in [6, 6.07) is 12.6. The number of quaternary nitrogens is 1. The minimum absolute atomic E-state index is 0.155. The van der Waals surface area contributed by atoms with Crippen LogP contribution in [0.5, 0.6) is 0 Å². The van der Waals surface area contributed by atoms with Gasteiger partial charge in [0, 0.05) is 16.2 Å². The van der Waals surface area contributed by atoms with Crippen LogP contribution in [0.4, 0.5) is 11.4 Å². The first-order chi connectivity index (χ1) is 13.8. The number of sulfonamides is 1. The average Bonchev–Trinajstić information content (AvgIpc) is 2.70. The number of para-hydroxylation sites is 1. The number of nitrogens with one attached hydrogen (secondary N) is 2. The molecule has 0 radical (unpaired) electrons. The van der Waals surface area contributed by atoms with Gasteiger partial charge >= 0.3 is 0 Å². The Labute approximate surface area is 176 Å². The number of carbonyl (C=O) groups is 1. The van der Waals surface area contributed by atoms with Crippen molar-refractivity contribution in [3.05, 3.63) is 63.1 Å². The number of nitro benzene ring substituents is 1. The fraction of sp³-hybridized carbons (Fsp3) is 0.278. The number of benzene rings is 2. The smallest absolute Gasteiger partial charge is 0.289 e. The van der Waals surface area contributed by atoms with E-state index in [-0.39, 0.29) is 30.4 Å². The summed E-state index contributed by atoms with van der Waals surface area (Å²) in [4.78, 5) is 23.4. The summed E-state index contributed by atoms with van der Waals surface area (Å²) in [5.74, 6) is -0.155. The molecule has 0 spiro atoms. The van der Waals surface area contributed by atoms with E-state index in [1.165, 1.54) is 28.6 Å². The molecule has 3 rings (SSSR count). The highest BCUT2D eigenvalue weighted by Gasteiger charge is 2.35. The summed E-state index contributed by atoms with van der Waals surface area (Å²) >= 11 is 3.33. The molecule has 1 fully saturated rings. The Hall–Kier alpha value is -2.34. The second-order valence-electron chi connectivity index (χ2n) is 6.61. The number of nitrogens with zero attached hydrogens (tertiary/aromatic N) is 2. The molecule has 1 heterocycles. The molecule has 2 aromatic carbocycles. The number of hydrogen-bond donors (Lipinski definition) is 2. The minimum atomic E-state index is -3.97. The number of piperazine rings is 1. The molecule has 0 bridgehead atoms. The molecule has 1 aliphatic heterocycles. The van der Waals surface area contributed by atoms with Crippen LogP contribution in [0.15, 0.2) is 57.9 Å². The van der Waals surface area contributed by atoms with Crippen LogP contribution in [-0.4, -0.2) is 56.3 Å². The van der Waals surface area contributed by atoms with Gasteiger partial charge in [0.1, 0.15) is 0 Å². The maximum Gasteiger partial charge on any atom is 0.289 e. The van der Waals surface area contributed by atoms with Crippen LogP contribution in [-0.2, 0) is 14.8 Å². The van der Waals surface area contributed by atoms with Crippen molar-refractivity contribution in [1.29, 1.82) is 0 Å². The van der Waals surface area contributed by atoms with Gasteiger partial charge in [0.15, 0.2) is 11.4 Å². The van der Waals surface area contributed by atoms with Gasteiger partial charge in [0.05, 0.1) is 31.1 Å². The summed E-state index contributed by atoms with van der Waals surface area (Å²) in [6.07, 6.45) is 0. The van der Waals surface area contributed by atoms with Crippen LogP contribution in [0.2, 0.25) is 0 Å². The lowest BCUT2D eigenvalue weighted by atomic mass is 10.3. The van der Waals surface area contributed by atoms with Crippen LogP contribution >= 0.6 is 15.9 Å². The molecule has 0 unspecified atom stereocenters. The predicted molar refractivity (Wildman–Crippen MR) is 110 cm³/mol. The van der Waals surface area contributed by atoms with Gasteiger partial charge in [-0.05, 0) is 30.3 Å². The maximum atomic E-state index is 12.8. The number of nitro groups is 1. The van der Waals surface area contributed by atoms with Gasteiger partial charge in [-0.2, -0.15) is 4.31 Å². The van der Waals surface area contributed by atoms with Crippen molar-refractivity contribution in [2.75, 3.05) is 38.0 Å². The number of carbonyl (C=O) groups excluding carboxylic acids is 1. The molecule has 0 atom stereocenters. The number of amides is 1. The molecule has 9 nitrogen and oxygen atoms in total. The van der Waals surface area contributed by atoms with Crippen molar-refractivity contribution in [1.82, 2.24) is 4.31 Å². The fourth-order valence-electron chi connectivity index (χ4n) is 3.15. The van der Waals surface area contributed by atoms with Crippen molar-refractivity contribution in [2.45, 2.75) is 4.90 Å². The summed E-state index contributed by atoms with van der Waals surface area (Å²) in [5.41, 5.74) is 0.256. The second-order valence-corrected chi connectivity index (χ2v) is 9.43. The zero-order chi connectivity index (χ0) is 21.0. The molecule has 154 valence electrons. The fourth-order valence-corrected chi connectivity index (χ4v) is 5.01. The predicted octanol–water partition coefficient (Wildman–Crippen LogP) is 0.885. The van der Waals surface area contributed by atoms with Crippen LogP contribution in [0.1, 0.15) is 0 Å². The van der Waals surface area contributed by atoms with Crippen molar-refractivity contribution in [3.8, 4) is 0 Å². The lowest BCUT2D eigenvalue weighted by molar-refractivity contribution is -0.895. The van der Waals surface area contributed by atoms with Gasteiger partial charge in [-0.1, -0.05) is 28.1 Å². The Morgan fingerprint density at radius 3 is 2.38 bits per heavy atom. The minimum Gasteiger partial charge on any atom is -0.325 e. The Balaban J connectivity index is 1.59. The Kier molecular flexibility index (Phi) is 6.63. The summed E-state index contributed by atoms with van der Waals surface area (Å²) in [5, 5.41) is 14.0. The molecule has 1 amide bonds. The SMILES string of the molecule is O=C(C[NH+]1CCN(S(=O)(=O)c2ccccc2[N+](=O)[O-])CC1)Nc1ccc(Br)cc1. The zero-order valence-corrected chi connectivity index (χ0v) is 17.8. The number of halogens is 1. The van der Waals surface area contributed by atoms with E-state index in [1.807, 2.05) is 12.1 Å². The largest absolute Gasteiger partial charge is 0.325 e. The van der Waals surface area contributed by atoms with E-state index in [9.17, 15) is 23.3 Å². The van der Waals surface area contributed by atoms with Gasteiger partial charge in [-0.3, -0.25) is 14.9 Å². The first-order valence-electron chi connectivity index (χ1n) is 8.90. The highest BCUT2D eigenvalue weighted by atomic mass is 79.9. The maximum absolute atomic E-state index is 12.8. The Morgan fingerprint density at radius 2 is 1.76 bits per heavy atom. The van der Waals surface area contributed by atoms with Crippen molar-refractivity contribution in [2.24, 2.45) is 0 Å². The monoisotopic (exact) mass is 483 g/mol. The molecular weight excluding hydrogens is 464 g/mol. The van der Waals surface area contributed by atoms with E-state index in [0.717, 1.165) is 9.37 Å². The molecule has 0 aromatic heterocycles. The van der Waals surface area contributed by atoms with Crippen molar-refractivity contribution in [3.63, 3.8) is 0 Å². The molecule has 2 N–H and O–H groups in total. The first-order valence-corrected chi connectivity index (χ1v) is 11.1. The van der Waals surface area contributed by atoms with E-state index >= 15 is 0 Å². The normalized spacial score (nSPS) is 15.8. The number of rotatable bonds is 6. The van der Waals surface area contributed by atoms with Crippen LogP contribution in [0.3, 0.4) is 0 Å². The first kappa shape index (κ1) is 21.4. The molecule has 0 aliphatic carbocycles. The summed E-state index contributed by atoms with van der Waals surface area (Å²) < 4.78 is 27.8. The van der Waals surface area contributed by atoms with E-state index < -0.39 is 20.6 Å². The van der Waals surface area contributed by atoms with E-state index in [0.29, 0.717) is 18.8 Å². The molecule has 29 heavy (non-hydrogen) atoms. The van der Waals surface area contributed by atoms with Gasteiger partial charge in [0.2, 0.25) is 10.0 Å². The lowest BCUT2D eigenvalue weighted by Gasteiger charge is -2.31. The standard InChI is InChI=1S/C18H19BrN4O5S/c19-14-5-7-15(8-6-14)20-18(24)13-21-9-11-22(12-10-21)29(27,28)17-4-2-1-3-16(17)23(25)26/h1-8H,9-13H2,(H,20,24)/p+1. The number of anilines is 1. The van der Waals surface area contributed by atoms with Crippen molar-refractivity contribution < 1.29 is 23.0 Å². The molecule has 1 aliphatic rings. The molecular formula is C18H20BrN4O5S+. The second kappa shape index (κ2) is 8.99. The van der Waals surface area contributed by atoms with Gasteiger partial charge < -0.3 is 10.2 Å². The van der Waals surface area contributed by atoms with E-state index in [1.54, 1.807) is 12.1 Å². The third kappa shape index (κ3) is 5.18. The Bertz CT molecular complexity index is 1010. The van der Waals surface area contributed by atoms with Crippen LogP contribution in [0, 0.1) is 10.1 Å². The summed E-state index contributed by atoms with van der Waals surface area (Å²) in [6.45, 7) is 1.47. The van der Waals surface area contributed by atoms with Gasteiger partial charge in [0.25, 0.3) is 11.6 Å². The lowest BCUT2D eigenvalue weighted by Crippen LogP contribution is -3.15. The average molecular weight is 484 g/mol. The van der Waals surface area contributed by atoms with Gasteiger partial charge in [-0.25, -0.2) is 8.42 Å². The molecule has 2 aromatic rings. The number of hydrogen-bond acceptors (Lipinski definition) is 5. The quantitative estimate of drug-likeness (QED) is 0.467. The summed E-state index contributed by atoms with van der Waals surface area (Å²) in [7, 11) is -3.97. The third-order valence-electron chi connectivity index (χ3n) is 4.65. The molecule has 11 heteroatoms. The van der Waals surface area contributed by atoms with E-state index in [2.05, 4.69) is 21.2 Å². The van der Waals surface area contributed by atoms with E-state index in [4.69, 9.17) is 0 Å². The topological polar surface area (TPSA) is 114 Å². The van der Waals surface area contributed by atoms with Crippen LogP contribution in [0.25, 0.3) is 0 Å². The zero-order valence-electron chi connectivity index (χ0n) is 15.4. The van der Waals surface area contributed by atoms with Gasteiger partial charge in [-0.15, -0.1) is 0 Å². The third-order valence-corrected chi connectivity index (χ3v) is 7.12. The van der Waals surface area contributed by atoms with Crippen molar-refractivity contribution >= 4 is 43.2 Å². The Morgan fingerprint density at radius 1 is 1.14 bits per heavy atom. The molecule has 0 saturated carbocycles.